The van der Waals surface area contributed by atoms with Crippen LogP contribution >= 0.6 is 0 Å². The number of rotatable bonds is 7. The molecule has 2 aromatic rings. The van der Waals surface area contributed by atoms with Crippen LogP contribution in [0.15, 0.2) is 48.5 Å². The van der Waals surface area contributed by atoms with Gasteiger partial charge in [0.2, 0.25) is 0 Å². The molecule has 0 bridgehead atoms. The first-order valence-electron chi connectivity index (χ1n) is 9.46. The number of para-hydroxylation sites is 2. The van der Waals surface area contributed by atoms with Gasteiger partial charge in [0, 0.05) is 12.2 Å². The summed E-state index contributed by atoms with van der Waals surface area (Å²) >= 11 is 0. The van der Waals surface area contributed by atoms with Crippen molar-refractivity contribution in [1.29, 1.82) is 5.26 Å². The molecule has 8 nitrogen and oxygen atoms in total. The standard InChI is InChI=1S/C22H21N3O5/c1-15-22(28)25(18-4-2-3-5-19(18)30-15)13-11-21(27)29-14-20(26)24-17-8-6-16(7-9-17)10-12-23/h2-9,15H,10-11,13-14H2,1H3,(H,24,26). The molecular formula is C22H21N3O5. The molecule has 0 saturated carbocycles. The van der Waals surface area contributed by atoms with Crippen molar-refractivity contribution in [3.05, 3.63) is 54.1 Å². The van der Waals surface area contributed by atoms with E-state index < -0.39 is 24.6 Å². The van der Waals surface area contributed by atoms with Crippen molar-refractivity contribution < 1.29 is 23.9 Å². The molecule has 0 saturated heterocycles. The Labute approximate surface area is 174 Å². The second kappa shape index (κ2) is 9.56. The van der Waals surface area contributed by atoms with Gasteiger partial charge >= 0.3 is 5.97 Å². The van der Waals surface area contributed by atoms with Crippen LogP contribution in [0.5, 0.6) is 5.75 Å². The van der Waals surface area contributed by atoms with E-state index in [0.717, 1.165) is 5.56 Å². The number of anilines is 2. The molecule has 1 aliphatic heterocycles. The lowest BCUT2D eigenvalue weighted by atomic mass is 10.1. The summed E-state index contributed by atoms with van der Waals surface area (Å²) in [6.45, 7) is 1.36. The molecule has 1 aliphatic rings. The molecule has 1 N–H and O–H groups in total. The third-order valence-corrected chi connectivity index (χ3v) is 4.50. The zero-order valence-corrected chi connectivity index (χ0v) is 16.5. The molecule has 1 unspecified atom stereocenters. The SMILES string of the molecule is CC1Oc2ccccc2N(CCC(=O)OCC(=O)Nc2ccc(CC#N)cc2)C1=O. The lowest BCUT2D eigenvalue weighted by Crippen LogP contribution is -2.45. The van der Waals surface area contributed by atoms with Gasteiger partial charge in [0.1, 0.15) is 5.75 Å². The van der Waals surface area contributed by atoms with Gasteiger partial charge < -0.3 is 19.7 Å². The Hall–Kier alpha value is -3.86. The molecule has 3 rings (SSSR count). The number of ether oxygens (including phenoxy) is 2. The third-order valence-electron chi connectivity index (χ3n) is 4.50. The second-order valence-electron chi connectivity index (χ2n) is 6.71. The van der Waals surface area contributed by atoms with Crippen molar-refractivity contribution in [2.45, 2.75) is 25.9 Å². The fraction of sp³-hybridized carbons (Fsp3) is 0.273. The van der Waals surface area contributed by atoms with Crippen molar-refractivity contribution in [3.8, 4) is 11.8 Å². The van der Waals surface area contributed by atoms with Crippen LogP contribution in [0, 0.1) is 11.3 Å². The maximum Gasteiger partial charge on any atom is 0.308 e. The van der Waals surface area contributed by atoms with Crippen molar-refractivity contribution in [1.82, 2.24) is 0 Å². The topological polar surface area (TPSA) is 109 Å². The van der Waals surface area contributed by atoms with E-state index in [1.54, 1.807) is 49.4 Å². The maximum atomic E-state index is 12.4. The van der Waals surface area contributed by atoms with Gasteiger partial charge in [0.25, 0.3) is 11.8 Å². The highest BCUT2D eigenvalue weighted by Crippen LogP contribution is 2.33. The molecule has 1 atom stereocenters. The molecule has 0 fully saturated rings. The number of fused-ring (bicyclic) bond motifs is 1. The second-order valence-corrected chi connectivity index (χ2v) is 6.71. The van der Waals surface area contributed by atoms with Gasteiger partial charge in [-0.1, -0.05) is 24.3 Å². The highest BCUT2D eigenvalue weighted by atomic mass is 16.5. The molecule has 0 aliphatic carbocycles. The van der Waals surface area contributed by atoms with Crippen LogP contribution in [-0.2, 0) is 25.5 Å². The summed E-state index contributed by atoms with van der Waals surface area (Å²) in [4.78, 5) is 37.9. The van der Waals surface area contributed by atoms with E-state index >= 15 is 0 Å². The van der Waals surface area contributed by atoms with Gasteiger partial charge in [-0.05, 0) is 36.8 Å². The number of carbonyl (C=O) groups is 3. The van der Waals surface area contributed by atoms with E-state index in [1.807, 2.05) is 12.1 Å². The molecule has 0 aromatic heterocycles. The predicted octanol–water partition coefficient (Wildman–Crippen LogP) is 2.44. The summed E-state index contributed by atoms with van der Waals surface area (Å²) in [5, 5.41) is 11.3. The first-order valence-corrected chi connectivity index (χ1v) is 9.46. The van der Waals surface area contributed by atoms with Crippen molar-refractivity contribution >= 4 is 29.2 Å². The Balaban J connectivity index is 1.47. The van der Waals surface area contributed by atoms with Crippen LogP contribution in [0.2, 0.25) is 0 Å². The van der Waals surface area contributed by atoms with Crippen molar-refractivity contribution in [3.63, 3.8) is 0 Å². The van der Waals surface area contributed by atoms with Crippen LogP contribution in [0.1, 0.15) is 18.9 Å². The van der Waals surface area contributed by atoms with E-state index in [9.17, 15) is 14.4 Å². The lowest BCUT2D eigenvalue weighted by Gasteiger charge is -2.32. The largest absolute Gasteiger partial charge is 0.479 e. The fourth-order valence-electron chi connectivity index (χ4n) is 3.01. The summed E-state index contributed by atoms with van der Waals surface area (Å²) in [5.41, 5.74) is 1.99. The number of amides is 2. The van der Waals surface area contributed by atoms with Gasteiger partial charge in [0.15, 0.2) is 12.7 Å². The molecule has 2 aromatic carbocycles. The quantitative estimate of drug-likeness (QED) is 0.706. The van der Waals surface area contributed by atoms with Crippen LogP contribution in [0.3, 0.4) is 0 Å². The van der Waals surface area contributed by atoms with Crippen LogP contribution in [0.25, 0.3) is 0 Å². The zero-order chi connectivity index (χ0) is 21.5. The first kappa shape index (κ1) is 20.9. The van der Waals surface area contributed by atoms with Crippen LogP contribution in [-0.4, -0.2) is 37.0 Å². The first-order chi connectivity index (χ1) is 14.5. The highest BCUT2D eigenvalue weighted by Gasteiger charge is 2.31. The summed E-state index contributed by atoms with van der Waals surface area (Å²) in [7, 11) is 0. The van der Waals surface area contributed by atoms with E-state index in [1.165, 1.54) is 4.90 Å². The number of nitrogens with zero attached hydrogens (tertiary/aromatic N) is 2. The fourth-order valence-corrected chi connectivity index (χ4v) is 3.01. The van der Waals surface area contributed by atoms with Crippen molar-refractivity contribution in [2.24, 2.45) is 0 Å². The number of esters is 1. The Morgan fingerprint density at radius 1 is 1.20 bits per heavy atom. The molecule has 1 heterocycles. The monoisotopic (exact) mass is 407 g/mol. The predicted molar refractivity (Wildman–Crippen MR) is 109 cm³/mol. The number of hydrogen-bond acceptors (Lipinski definition) is 6. The summed E-state index contributed by atoms with van der Waals surface area (Å²) < 4.78 is 10.6. The molecule has 0 spiro atoms. The number of nitriles is 1. The minimum absolute atomic E-state index is 0.0526. The molecule has 8 heteroatoms. The number of nitrogens with one attached hydrogen (secondary N) is 1. The van der Waals surface area contributed by atoms with E-state index in [-0.39, 0.29) is 18.9 Å². The number of hydrogen-bond donors (Lipinski definition) is 1. The van der Waals surface area contributed by atoms with E-state index in [2.05, 4.69) is 5.32 Å². The smallest absolute Gasteiger partial charge is 0.308 e. The van der Waals surface area contributed by atoms with Crippen LogP contribution < -0.4 is 15.0 Å². The van der Waals surface area contributed by atoms with Crippen LogP contribution in [0.4, 0.5) is 11.4 Å². The molecule has 2 amide bonds. The number of carbonyl (C=O) groups excluding carboxylic acids is 3. The minimum Gasteiger partial charge on any atom is -0.479 e. The highest BCUT2D eigenvalue weighted by molar-refractivity contribution is 6.00. The maximum absolute atomic E-state index is 12.4. The Kier molecular flexibility index (Phi) is 6.65. The van der Waals surface area contributed by atoms with Gasteiger partial charge in [-0.25, -0.2) is 0 Å². The Bertz CT molecular complexity index is 981. The van der Waals surface area contributed by atoms with Gasteiger partial charge in [-0.3, -0.25) is 14.4 Å². The van der Waals surface area contributed by atoms with E-state index in [4.69, 9.17) is 14.7 Å². The van der Waals surface area contributed by atoms with Crippen molar-refractivity contribution in [2.75, 3.05) is 23.4 Å². The molecule has 30 heavy (non-hydrogen) atoms. The summed E-state index contributed by atoms with van der Waals surface area (Å²) in [6.07, 6.45) is -0.398. The lowest BCUT2D eigenvalue weighted by molar-refractivity contribution is -0.147. The van der Waals surface area contributed by atoms with Gasteiger partial charge in [-0.2, -0.15) is 5.26 Å². The van der Waals surface area contributed by atoms with Gasteiger partial charge in [-0.15, -0.1) is 0 Å². The van der Waals surface area contributed by atoms with Gasteiger partial charge in [0.05, 0.1) is 24.6 Å². The molecule has 0 radical (unpaired) electrons. The third kappa shape index (κ3) is 5.14. The minimum atomic E-state index is -0.638. The average molecular weight is 407 g/mol. The average Bonchev–Trinajstić information content (AvgIpc) is 2.74. The summed E-state index contributed by atoms with van der Waals surface area (Å²) in [6, 6.07) is 16.0. The normalized spacial score (nSPS) is 14.9. The number of benzene rings is 2. The Morgan fingerprint density at radius 2 is 1.93 bits per heavy atom. The van der Waals surface area contributed by atoms with E-state index in [0.29, 0.717) is 23.5 Å². The Morgan fingerprint density at radius 3 is 2.67 bits per heavy atom. The molecular weight excluding hydrogens is 386 g/mol. The zero-order valence-electron chi connectivity index (χ0n) is 16.5. The summed E-state index contributed by atoms with van der Waals surface area (Å²) in [5.74, 6) is -0.714. The molecule has 154 valence electrons.